The summed E-state index contributed by atoms with van der Waals surface area (Å²) >= 11 is 0. The van der Waals surface area contributed by atoms with Crippen LogP contribution in [-0.4, -0.2) is 7.05 Å². The molecular formula is C39H37N5. The number of rotatable bonds is 10. The fourth-order valence-corrected chi connectivity index (χ4v) is 5.14. The van der Waals surface area contributed by atoms with Crippen molar-refractivity contribution in [2.45, 2.75) is 13.8 Å². The van der Waals surface area contributed by atoms with Crippen molar-refractivity contribution in [2.24, 2.45) is 0 Å². The van der Waals surface area contributed by atoms with Gasteiger partial charge in [0.05, 0.1) is 0 Å². The minimum Gasteiger partial charge on any atom is -0.356 e. The van der Waals surface area contributed by atoms with Gasteiger partial charge in [0.15, 0.2) is 0 Å². The summed E-state index contributed by atoms with van der Waals surface area (Å²) in [5.74, 6) is 0. The Labute approximate surface area is 260 Å². The van der Waals surface area contributed by atoms with Crippen LogP contribution in [0.25, 0.3) is 0 Å². The third-order valence-electron chi connectivity index (χ3n) is 7.64. The van der Waals surface area contributed by atoms with E-state index in [2.05, 4.69) is 156 Å². The third-order valence-corrected chi connectivity index (χ3v) is 7.64. The summed E-state index contributed by atoms with van der Waals surface area (Å²) in [7, 11) is 2.09. The number of hydrogen-bond donors (Lipinski definition) is 4. The average Bonchev–Trinajstić information content (AvgIpc) is 3.05. The lowest BCUT2D eigenvalue weighted by atomic mass is 10.1. The number of aryl methyl sites for hydroxylation is 2. The van der Waals surface area contributed by atoms with E-state index in [0.29, 0.717) is 0 Å². The molecule has 0 saturated heterocycles. The number of benzene rings is 6. The highest BCUT2D eigenvalue weighted by atomic mass is 15.1. The van der Waals surface area contributed by atoms with E-state index in [0.717, 1.165) is 56.9 Å². The molecule has 0 saturated carbocycles. The van der Waals surface area contributed by atoms with Crippen LogP contribution in [0.3, 0.4) is 0 Å². The van der Waals surface area contributed by atoms with Crippen molar-refractivity contribution >= 4 is 56.9 Å². The maximum atomic E-state index is 3.53. The molecule has 5 heteroatoms. The highest BCUT2D eigenvalue weighted by molar-refractivity contribution is 5.73. The standard InChI is InChI=1S/C39H37N5/c1-28-26-34(18-24-38(28)42-30-10-6-4-7-11-30)40-32-14-20-36(21-15-32)44(3)37-22-16-33(17-23-37)41-35-19-25-39(29(2)27-35)43-31-12-8-5-9-13-31/h4-27,40-43H,1-3H3. The van der Waals surface area contributed by atoms with E-state index in [4.69, 9.17) is 0 Å². The molecule has 4 N–H and O–H groups in total. The molecule has 0 aliphatic heterocycles. The zero-order valence-corrected chi connectivity index (χ0v) is 25.3. The molecule has 0 atom stereocenters. The van der Waals surface area contributed by atoms with E-state index in [9.17, 15) is 0 Å². The van der Waals surface area contributed by atoms with Gasteiger partial charge in [-0.2, -0.15) is 0 Å². The van der Waals surface area contributed by atoms with Crippen molar-refractivity contribution in [2.75, 3.05) is 33.2 Å². The summed E-state index contributed by atoms with van der Waals surface area (Å²) in [5, 5.41) is 14.0. The van der Waals surface area contributed by atoms with Gasteiger partial charge in [-0.1, -0.05) is 36.4 Å². The van der Waals surface area contributed by atoms with Gasteiger partial charge in [0.2, 0.25) is 0 Å². The number of anilines is 10. The molecule has 218 valence electrons. The van der Waals surface area contributed by atoms with Gasteiger partial charge >= 0.3 is 0 Å². The zero-order valence-electron chi connectivity index (χ0n) is 25.3. The van der Waals surface area contributed by atoms with Gasteiger partial charge in [-0.05, 0) is 134 Å². The van der Waals surface area contributed by atoms with Crippen LogP contribution >= 0.6 is 0 Å². The van der Waals surface area contributed by atoms with Gasteiger partial charge in [-0.25, -0.2) is 0 Å². The van der Waals surface area contributed by atoms with Crippen LogP contribution in [-0.2, 0) is 0 Å². The van der Waals surface area contributed by atoms with Crippen molar-refractivity contribution < 1.29 is 0 Å². The Kier molecular flexibility index (Phi) is 8.46. The van der Waals surface area contributed by atoms with Crippen molar-refractivity contribution in [3.8, 4) is 0 Å². The highest BCUT2D eigenvalue weighted by Crippen LogP contribution is 2.30. The second-order valence-corrected chi connectivity index (χ2v) is 10.9. The second kappa shape index (κ2) is 13.1. The van der Waals surface area contributed by atoms with Crippen molar-refractivity contribution in [1.82, 2.24) is 0 Å². The number of para-hydroxylation sites is 2. The Hall–Kier alpha value is -5.68. The molecule has 5 nitrogen and oxygen atoms in total. The minimum absolute atomic E-state index is 1.05. The molecule has 0 bridgehead atoms. The monoisotopic (exact) mass is 575 g/mol. The molecular weight excluding hydrogens is 538 g/mol. The summed E-state index contributed by atoms with van der Waals surface area (Å²) in [6.45, 7) is 4.24. The molecule has 0 unspecified atom stereocenters. The van der Waals surface area contributed by atoms with E-state index >= 15 is 0 Å². The van der Waals surface area contributed by atoms with Crippen LogP contribution in [0.4, 0.5) is 56.9 Å². The van der Waals surface area contributed by atoms with Crippen LogP contribution in [0.15, 0.2) is 146 Å². The van der Waals surface area contributed by atoms with Gasteiger partial charge in [0, 0.05) is 63.9 Å². The highest BCUT2D eigenvalue weighted by Gasteiger charge is 2.07. The molecule has 0 spiro atoms. The van der Waals surface area contributed by atoms with E-state index in [1.165, 1.54) is 11.1 Å². The first-order valence-corrected chi connectivity index (χ1v) is 14.8. The SMILES string of the molecule is Cc1cc(Nc2ccc(N(C)c3ccc(Nc4ccc(Nc5ccccc5)c(C)c4)cc3)cc2)ccc1Nc1ccccc1. The lowest BCUT2D eigenvalue weighted by Crippen LogP contribution is -2.09. The van der Waals surface area contributed by atoms with Gasteiger partial charge in [-0.15, -0.1) is 0 Å². The number of hydrogen-bond acceptors (Lipinski definition) is 5. The molecule has 6 aromatic rings. The first-order valence-electron chi connectivity index (χ1n) is 14.8. The molecule has 6 aromatic carbocycles. The molecule has 0 aromatic heterocycles. The zero-order chi connectivity index (χ0) is 30.3. The fraction of sp³-hybridized carbons (Fsp3) is 0.0769. The number of nitrogens with one attached hydrogen (secondary N) is 4. The Morgan fingerprint density at radius 1 is 0.364 bits per heavy atom. The third kappa shape index (κ3) is 7.02. The smallest absolute Gasteiger partial charge is 0.0415 e. The van der Waals surface area contributed by atoms with Gasteiger partial charge in [0.1, 0.15) is 0 Å². The molecule has 0 aliphatic carbocycles. The van der Waals surface area contributed by atoms with Crippen LogP contribution in [0, 0.1) is 13.8 Å². The van der Waals surface area contributed by atoms with E-state index in [-0.39, 0.29) is 0 Å². The van der Waals surface area contributed by atoms with Gasteiger partial charge in [0.25, 0.3) is 0 Å². The predicted molar refractivity (Wildman–Crippen MR) is 189 cm³/mol. The van der Waals surface area contributed by atoms with E-state index < -0.39 is 0 Å². The predicted octanol–water partition coefficient (Wildman–Crippen LogP) is 11.0. The van der Waals surface area contributed by atoms with Crippen molar-refractivity contribution in [3.63, 3.8) is 0 Å². The summed E-state index contributed by atoms with van der Waals surface area (Å²) in [6, 6.07) is 50.3. The van der Waals surface area contributed by atoms with E-state index in [1.54, 1.807) is 0 Å². The van der Waals surface area contributed by atoms with Crippen LogP contribution in [0.1, 0.15) is 11.1 Å². The molecule has 0 fully saturated rings. The van der Waals surface area contributed by atoms with Gasteiger partial charge < -0.3 is 26.2 Å². The first kappa shape index (κ1) is 28.4. The average molecular weight is 576 g/mol. The van der Waals surface area contributed by atoms with E-state index in [1.807, 2.05) is 36.4 Å². The second-order valence-electron chi connectivity index (χ2n) is 10.9. The maximum Gasteiger partial charge on any atom is 0.0415 e. The Morgan fingerprint density at radius 2 is 0.705 bits per heavy atom. The summed E-state index contributed by atoms with van der Waals surface area (Å²) in [5.41, 5.74) is 13.2. The van der Waals surface area contributed by atoms with Crippen LogP contribution in [0.2, 0.25) is 0 Å². The fourth-order valence-electron chi connectivity index (χ4n) is 5.14. The van der Waals surface area contributed by atoms with Crippen LogP contribution in [0.5, 0.6) is 0 Å². The summed E-state index contributed by atoms with van der Waals surface area (Å²) in [4.78, 5) is 2.19. The quantitative estimate of drug-likeness (QED) is 0.131. The Balaban J connectivity index is 1.05. The topological polar surface area (TPSA) is 51.4 Å². The maximum absolute atomic E-state index is 3.53. The molecule has 44 heavy (non-hydrogen) atoms. The van der Waals surface area contributed by atoms with Crippen LogP contribution < -0.4 is 26.2 Å². The lowest BCUT2D eigenvalue weighted by molar-refractivity contribution is 1.21. The summed E-state index contributed by atoms with van der Waals surface area (Å²) < 4.78 is 0. The Bertz CT molecular complexity index is 1680. The number of nitrogens with zero attached hydrogens (tertiary/aromatic N) is 1. The normalized spacial score (nSPS) is 10.6. The summed E-state index contributed by atoms with van der Waals surface area (Å²) in [6.07, 6.45) is 0. The molecule has 6 rings (SSSR count). The largest absolute Gasteiger partial charge is 0.356 e. The van der Waals surface area contributed by atoms with Crippen molar-refractivity contribution in [1.29, 1.82) is 0 Å². The first-order chi connectivity index (χ1) is 21.5. The van der Waals surface area contributed by atoms with Gasteiger partial charge in [-0.3, -0.25) is 0 Å². The lowest BCUT2D eigenvalue weighted by Gasteiger charge is -2.21. The molecule has 0 aliphatic rings. The minimum atomic E-state index is 1.05. The molecule has 0 amide bonds. The molecule has 0 radical (unpaired) electrons. The Morgan fingerprint density at radius 3 is 1.07 bits per heavy atom. The molecule has 0 heterocycles. The van der Waals surface area contributed by atoms with Crippen molar-refractivity contribution in [3.05, 3.63) is 157 Å².